The van der Waals surface area contributed by atoms with Crippen molar-refractivity contribution in [2.45, 2.75) is 57.4 Å². The molecule has 2 N–H and O–H groups in total. The summed E-state index contributed by atoms with van der Waals surface area (Å²) in [6, 6.07) is 5.10. The van der Waals surface area contributed by atoms with Crippen LogP contribution < -0.4 is 5.73 Å². The third kappa shape index (κ3) is 5.18. The number of rotatable bonds is 9. The molecule has 0 saturated heterocycles. The summed E-state index contributed by atoms with van der Waals surface area (Å²) in [5.41, 5.74) is 8.99. The van der Waals surface area contributed by atoms with E-state index in [0.717, 1.165) is 61.1 Å². The number of aryl methyl sites for hydroxylation is 3. The summed E-state index contributed by atoms with van der Waals surface area (Å²) in [4.78, 5) is 9.67. The van der Waals surface area contributed by atoms with Gasteiger partial charge in [-0.2, -0.15) is 0 Å². The fourth-order valence-electron chi connectivity index (χ4n) is 3.41. The molecule has 0 aliphatic carbocycles. The van der Waals surface area contributed by atoms with Gasteiger partial charge in [-0.3, -0.25) is 0 Å². The number of benzene rings is 1. The van der Waals surface area contributed by atoms with Crippen LogP contribution in [0.2, 0.25) is 10.0 Å². The number of imidazole rings is 1. The first kappa shape index (κ1) is 22.2. The highest BCUT2D eigenvalue weighted by Crippen LogP contribution is 2.27. The minimum absolute atomic E-state index is 0.455. The number of hydrogen-bond acceptors (Lipinski definition) is 4. The van der Waals surface area contributed by atoms with Gasteiger partial charge in [0.1, 0.15) is 17.1 Å². The zero-order valence-corrected chi connectivity index (χ0v) is 19.1. The van der Waals surface area contributed by atoms with Crippen LogP contribution in [0.3, 0.4) is 0 Å². The highest BCUT2D eigenvalue weighted by molar-refractivity contribution is 7.91. The molecule has 29 heavy (non-hydrogen) atoms. The van der Waals surface area contributed by atoms with Gasteiger partial charge < -0.3 is 14.9 Å². The average molecular weight is 453 g/mol. The van der Waals surface area contributed by atoms with E-state index in [0.29, 0.717) is 26.5 Å². The molecule has 2 aromatic heterocycles. The Balaban J connectivity index is 1.70. The third-order valence-corrected chi connectivity index (χ3v) is 7.08. The predicted molar refractivity (Wildman–Crippen MR) is 122 cm³/mol. The molecule has 8 heteroatoms. The van der Waals surface area contributed by atoms with Gasteiger partial charge in [-0.05, 0) is 61.1 Å². The maximum Gasteiger partial charge on any atom is 0.171 e. The van der Waals surface area contributed by atoms with Crippen LogP contribution in [-0.2, 0) is 24.1 Å². The summed E-state index contributed by atoms with van der Waals surface area (Å²) in [6.45, 7) is 5.02. The van der Waals surface area contributed by atoms with Gasteiger partial charge in [-0.1, -0.05) is 36.5 Å². The van der Waals surface area contributed by atoms with E-state index in [1.165, 1.54) is 0 Å². The molecule has 0 aliphatic rings. The number of pyridine rings is 1. The first-order valence-corrected chi connectivity index (χ1v) is 11.9. The van der Waals surface area contributed by atoms with Crippen molar-refractivity contribution in [3.63, 3.8) is 0 Å². The smallest absolute Gasteiger partial charge is 0.171 e. The van der Waals surface area contributed by atoms with Gasteiger partial charge in [-0.15, -0.1) is 0 Å². The van der Waals surface area contributed by atoms with E-state index >= 15 is 0 Å². The minimum Gasteiger partial charge on any atom is -0.611 e. The minimum atomic E-state index is -1.14. The Bertz CT molecular complexity index is 992. The van der Waals surface area contributed by atoms with Gasteiger partial charge in [0.2, 0.25) is 0 Å². The number of nitrogens with two attached hydrogens (primary N) is 1. The standard InChI is InChI=1S/C21H26Cl2N4OS/c1-3-4-7-18-26-19-20(14(2)13-25-21(19)24)27(18)10-5-6-11-29(28)17-9-8-15(22)12-16(17)23/h8-9,12-13H,3-7,10-11H2,1-2H3,(H2,24,25). The maximum absolute atomic E-state index is 12.6. The molecule has 0 amide bonds. The fraction of sp³-hybridized carbons (Fsp3) is 0.429. The Morgan fingerprint density at radius 3 is 2.72 bits per heavy atom. The monoisotopic (exact) mass is 452 g/mol. The number of unbranched alkanes of at least 4 members (excludes halogenated alkanes) is 2. The summed E-state index contributed by atoms with van der Waals surface area (Å²) < 4.78 is 14.9. The lowest BCUT2D eigenvalue weighted by atomic mass is 10.2. The summed E-state index contributed by atoms with van der Waals surface area (Å²) in [5, 5.41) is 1.00. The number of fused-ring (bicyclic) bond motifs is 1. The normalized spacial score (nSPS) is 12.6. The van der Waals surface area contributed by atoms with Crippen molar-refractivity contribution in [1.29, 1.82) is 0 Å². The second kappa shape index (κ2) is 10.0. The molecule has 5 nitrogen and oxygen atoms in total. The van der Waals surface area contributed by atoms with Crippen molar-refractivity contribution < 1.29 is 4.55 Å². The van der Waals surface area contributed by atoms with Crippen molar-refractivity contribution in [3.05, 3.63) is 45.8 Å². The first-order chi connectivity index (χ1) is 13.9. The molecule has 3 aromatic rings. The molecule has 1 unspecified atom stereocenters. The molecule has 1 atom stereocenters. The van der Waals surface area contributed by atoms with Crippen LogP contribution in [0.15, 0.2) is 29.3 Å². The zero-order valence-electron chi connectivity index (χ0n) is 16.8. The van der Waals surface area contributed by atoms with Crippen LogP contribution in [-0.4, -0.2) is 24.8 Å². The summed E-state index contributed by atoms with van der Waals surface area (Å²) in [7, 11) is 0. The van der Waals surface area contributed by atoms with E-state index in [4.69, 9.17) is 33.9 Å². The zero-order chi connectivity index (χ0) is 21.0. The lowest BCUT2D eigenvalue weighted by Crippen LogP contribution is -2.10. The molecule has 0 saturated carbocycles. The molecule has 0 radical (unpaired) electrons. The van der Waals surface area contributed by atoms with E-state index in [-0.39, 0.29) is 0 Å². The van der Waals surface area contributed by atoms with Crippen LogP contribution >= 0.6 is 23.2 Å². The summed E-state index contributed by atoms with van der Waals surface area (Å²) in [5.74, 6) is 2.08. The number of hydrogen-bond donors (Lipinski definition) is 1. The Kier molecular flexibility index (Phi) is 7.68. The highest BCUT2D eigenvalue weighted by atomic mass is 35.5. The van der Waals surface area contributed by atoms with Crippen LogP contribution in [0.25, 0.3) is 11.0 Å². The largest absolute Gasteiger partial charge is 0.611 e. The highest BCUT2D eigenvalue weighted by Gasteiger charge is 2.17. The van der Waals surface area contributed by atoms with Gasteiger partial charge in [0, 0.05) is 24.2 Å². The van der Waals surface area contributed by atoms with E-state index in [1.807, 2.05) is 6.92 Å². The third-order valence-electron chi connectivity index (χ3n) is 4.91. The van der Waals surface area contributed by atoms with Crippen LogP contribution in [0.1, 0.15) is 44.0 Å². The van der Waals surface area contributed by atoms with Gasteiger partial charge in [0.05, 0.1) is 10.5 Å². The van der Waals surface area contributed by atoms with Crippen LogP contribution in [0.4, 0.5) is 5.82 Å². The second-order valence-corrected chi connectivity index (χ2v) is 9.52. The first-order valence-electron chi connectivity index (χ1n) is 9.86. The lowest BCUT2D eigenvalue weighted by molar-refractivity contribution is 0.577. The van der Waals surface area contributed by atoms with E-state index in [2.05, 4.69) is 16.5 Å². The van der Waals surface area contributed by atoms with Gasteiger partial charge in [-0.25, -0.2) is 9.97 Å². The summed E-state index contributed by atoms with van der Waals surface area (Å²) in [6.07, 6.45) is 6.61. The number of halogens is 2. The summed E-state index contributed by atoms with van der Waals surface area (Å²) >= 11 is 11.0. The van der Waals surface area contributed by atoms with Crippen molar-refractivity contribution in [2.75, 3.05) is 11.5 Å². The average Bonchev–Trinajstić information content (AvgIpc) is 3.06. The van der Waals surface area contributed by atoms with Crippen LogP contribution in [0, 0.1) is 6.92 Å². The number of aromatic nitrogens is 3. The fourth-order valence-corrected chi connectivity index (χ4v) is 5.25. The Hall–Kier alpha value is -1.47. The number of anilines is 1. The number of nitrogens with zero attached hydrogens (tertiary/aromatic N) is 3. The molecule has 2 heterocycles. The molecule has 0 bridgehead atoms. The molecular formula is C21H26Cl2N4OS. The molecule has 3 rings (SSSR count). The quantitative estimate of drug-likeness (QED) is 0.340. The Morgan fingerprint density at radius 1 is 1.21 bits per heavy atom. The van der Waals surface area contributed by atoms with Gasteiger partial charge in [0.15, 0.2) is 10.7 Å². The molecule has 0 fully saturated rings. The van der Waals surface area contributed by atoms with E-state index in [1.54, 1.807) is 24.4 Å². The van der Waals surface area contributed by atoms with E-state index in [9.17, 15) is 4.55 Å². The van der Waals surface area contributed by atoms with Gasteiger partial charge in [0.25, 0.3) is 0 Å². The van der Waals surface area contributed by atoms with Crippen molar-refractivity contribution in [2.24, 2.45) is 0 Å². The van der Waals surface area contributed by atoms with Crippen molar-refractivity contribution >= 4 is 51.2 Å². The SMILES string of the molecule is CCCCc1nc2c(N)ncc(C)c2n1CCCC[S+]([O-])c1ccc(Cl)cc1Cl. The van der Waals surface area contributed by atoms with E-state index < -0.39 is 11.2 Å². The molecule has 156 valence electrons. The Morgan fingerprint density at radius 2 is 2.00 bits per heavy atom. The molecule has 0 aliphatic heterocycles. The second-order valence-electron chi connectivity index (χ2n) is 7.14. The molecule has 0 spiro atoms. The predicted octanol–water partition coefficient (Wildman–Crippen LogP) is 5.56. The maximum atomic E-state index is 12.6. The topological polar surface area (TPSA) is 79.8 Å². The number of nitrogen functional groups attached to an aromatic ring is 1. The van der Waals surface area contributed by atoms with Crippen molar-refractivity contribution in [1.82, 2.24) is 14.5 Å². The lowest BCUT2D eigenvalue weighted by Gasteiger charge is -2.13. The van der Waals surface area contributed by atoms with Gasteiger partial charge >= 0.3 is 0 Å². The van der Waals surface area contributed by atoms with Crippen molar-refractivity contribution in [3.8, 4) is 0 Å². The Labute approximate surface area is 184 Å². The molecular weight excluding hydrogens is 427 g/mol. The van der Waals surface area contributed by atoms with Crippen LogP contribution in [0.5, 0.6) is 0 Å². The molecule has 1 aromatic carbocycles.